The molecule has 22 heavy (non-hydrogen) atoms. The number of hydrogen-bond acceptors (Lipinski definition) is 3. The van der Waals surface area contributed by atoms with Gasteiger partial charge in [-0.3, -0.25) is 10.1 Å². The van der Waals surface area contributed by atoms with Crippen LogP contribution in [0.4, 0.5) is 10.5 Å². The Morgan fingerprint density at radius 3 is 2.86 bits per heavy atom. The molecule has 1 aromatic rings. The van der Waals surface area contributed by atoms with Crippen LogP contribution >= 0.6 is 0 Å². The largest absolute Gasteiger partial charge is 0.620 e. The van der Waals surface area contributed by atoms with E-state index < -0.39 is 0 Å². The maximum atomic E-state index is 11.9. The van der Waals surface area contributed by atoms with Gasteiger partial charge >= 0.3 is 6.03 Å². The van der Waals surface area contributed by atoms with Gasteiger partial charge in [0.15, 0.2) is 0 Å². The van der Waals surface area contributed by atoms with Gasteiger partial charge in [0, 0.05) is 33.4 Å². The number of nitrogens with zero attached hydrogens (tertiary/aromatic N) is 2. The Bertz CT molecular complexity index is 593. The molecule has 0 saturated carbocycles. The molecule has 2 atom stereocenters. The average Bonchev–Trinajstić information content (AvgIpc) is 2.89. The third-order valence-electron chi connectivity index (χ3n) is 4.24. The van der Waals surface area contributed by atoms with E-state index in [-0.39, 0.29) is 38.5 Å². The van der Waals surface area contributed by atoms with Crippen molar-refractivity contribution in [3.63, 3.8) is 0 Å². The summed E-state index contributed by atoms with van der Waals surface area (Å²) in [4.78, 5) is 24.8. The van der Waals surface area contributed by atoms with Crippen molar-refractivity contribution >= 4 is 17.6 Å². The average molecular weight is 474 g/mol. The molecule has 0 aliphatic carbocycles. The van der Waals surface area contributed by atoms with Crippen LogP contribution in [0.5, 0.6) is 0 Å². The quantitative estimate of drug-likeness (QED) is 0.709. The van der Waals surface area contributed by atoms with Crippen LogP contribution in [0.2, 0.25) is 0 Å². The maximum Gasteiger partial charge on any atom is 0.325 e. The molecule has 0 aromatic heterocycles. The maximum absolute atomic E-state index is 11.9. The summed E-state index contributed by atoms with van der Waals surface area (Å²) in [5, 5.41) is 2.34. The molecule has 0 spiro atoms. The van der Waals surface area contributed by atoms with Gasteiger partial charge in [0.05, 0.1) is 6.17 Å². The SMILES string of the molecule is CCC(C)c1ccc2c(c1)[N-]NC2N1CCC(=O)NC1=O.[Re]. The van der Waals surface area contributed by atoms with E-state index in [0.29, 0.717) is 18.9 Å². The van der Waals surface area contributed by atoms with Crippen LogP contribution < -0.4 is 10.7 Å². The van der Waals surface area contributed by atoms with Crippen molar-refractivity contribution in [3.05, 3.63) is 34.8 Å². The van der Waals surface area contributed by atoms with Crippen LogP contribution in [0.25, 0.3) is 5.43 Å². The first-order chi connectivity index (χ1) is 10.1. The fraction of sp³-hybridized carbons (Fsp3) is 0.467. The second-order valence-electron chi connectivity index (χ2n) is 5.57. The van der Waals surface area contributed by atoms with Gasteiger partial charge < -0.3 is 15.8 Å². The Morgan fingerprint density at radius 1 is 1.41 bits per heavy atom. The third kappa shape index (κ3) is 3.02. The van der Waals surface area contributed by atoms with Gasteiger partial charge in [0.1, 0.15) is 0 Å². The van der Waals surface area contributed by atoms with Crippen molar-refractivity contribution in [2.24, 2.45) is 0 Å². The molecular weight excluding hydrogens is 454 g/mol. The van der Waals surface area contributed by atoms with Crippen molar-refractivity contribution in [1.29, 1.82) is 0 Å². The number of hydrogen-bond donors (Lipinski definition) is 2. The number of urea groups is 1. The van der Waals surface area contributed by atoms with Crippen LogP contribution in [0.1, 0.15) is 49.9 Å². The molecule has 3 rings (SSSR count). The van der Waals surface area contributed by atoms with Crippen LogP contribution in [-0.2, 0) is 25.2 Å². The van der Waals surface area contributed by atoms with E-state index in [2.05, 4.69) is 42.1 Å². The van der Waals surface area contributed by atoms with E-state index in [1.54, 1.807) is 4.90 Å². The van der Waals surface area contributed by atoms with E-state index in [0.717, 1.165) is 17.7 Å². The van der Waals surface area contributed by atoms with Crippen molar-refractivity contribution in [2.45, 2.75) is 38.8 Å². The van der Waals surface area contributed by atoms with Crippen molar-refractivity contribution in [2.75, 3.05) is 6.54 Å². The summed E-state index contributed by atoms with van der Waals surface area (Å²) >= 11 is 0. The summed E-state index contributed by atoms with van der Waals surface area (Å²) in [6, 6.07) is 5.83. The molecule has 2 N–H and O–H groups in total. The van der Waals surface area contributed by atoms with Gasteiger partial charge in [-0.25, -0.2) is 4.79 Å². The summed E-state index contributed by atoms with van der Waals surface area (Å²) in [5.74, 6) is 0.263. The molecule has 1 radical (unpaired) electrons. The second kappa shape index (κ2) is 6.78. The zero-order valence-electron chi connectivity index (χ0n) is 12.6. The van der Waals surface area contributed by atoms with Gasteiger partial charge in [0.25, 0.3) is 0 Å². The molecule has 119 valence electrons. The van der Waals surface area contributed by atoms with E-state index in [1.807, 2.05) is 6.07 Å². The summed E-state index contributed by atoms with van der Waals surface area (Å²) in [6.45, 7) is 4.75. The molecular formula is C15H19N4O2Re-. The minimum absolute atomic E-state index is 0. The van der Waals surface area contributed by atoms with Gasteiger partial charge in [0.2, 0.25) is 5.91 Å². The smallest absolute Gasteiger partial charge is 0.325 e. The van der Waals surface area contributed by atoms with E-state index in [4.69, 9.17) is 0 Å². The molecule has 6 nitrogen and oxygen atoms in total. The topological polar surface area (TPSA) is 75.5 Å². The number of carbonyl (C=O) groups excluding carboxylic acids is 2. The molecule has 1 fully saturated rings. The molecule has 0 bridgehead atoms. The molecule has 2 aliphatic rings. The first-order valence-electron chi connectivity index (χ1n) is 7.30. The number of nitrogens with one attached hydrogen (secondary N) is 2. The number of amides is 3. The van der Waals surface area contributed by atoms with E-state index in [1.165, 1.54) is 5.56 Å². The number of carbonyl (C=O) groups is 2. The van der Waals surface area contributed by atoms with E-state index >= 15 is 0 Å². The van der Waals surface area contributed by atoms with Gasteiger partial charge in [-0.2, -0.15) is 0 Å². The zero-order valence-corrected chi connectivity index (χ0v) is 15.3. The monoisotopic (exact) mass is 474 g/mol. The first kappa shape index (κ1) is 16.9. The molecule has 2 aliphatic heterocycles. The van der Waals surface area contributed by atoms with E-state index in [9.17, 15) is 9.59 Å². The molecule has 1 saturated heterocycles. The van der Waals surface area contributed by atoms with Gasteiger partial charge in [-0.1, -0.05) is 32.0 Å². The van der Waals surface area contributed by atoms with Crippen LogP contribution in [0.15, 0.2) is 18.2 Å². The molecule has 2 heterocycles. The summed E-state index contributed by atoms with van der Waals surface area (Å²) < 4.78 is 0. The van der Waals surface area contributed by atoms with Crippen LogP contribution in [-0.4, -0.2) is 23.4 Å². The summed E-state index contributed by atoms with van der Waals surface area (Å²) in [6.07, 6.45) is 1.11. The molecule has 7 heteroatoms. The van der Waals surface area contributed by atoms with Gasteiger partial charge in [-0.05, 0) is 23.5 Å². The fourth-order valence-corrected chi connectivity index (χ4v) is 2.69. The standard InChI is InChI=1S/C15H19N4O2.Re/c1-3-9(2)10-4-5-11-12(8-10)17-18-14(11)19-7-6-13(20)16-15(19)21;/h4-5,8-9,14,18H,3,6-7H2,1-2H3,(H,16,20,21);/q-1;. The third-order valence-corrected chi connectivity index (χ3v) is 4.24. The number of rotatable bonds is 3. The molecule has 3 amide bonds. The number of imide groups is 1. The van der Waals surface area contributed by atoms with Crippen LogP contribution in [0.3, 0.4) is 0 Å². The fourth-order valence-electron chi connectivity index (χ4n) is 2.69. The first-order valence-corrected chi connectivity index (χ1v) is 7.30. The molecule has 1 aromatic carbocycles. The number of fused-ring (bicyclic) bond motifs is 1. The normalized spacial score (nSPS) is 21.5. The minimum atomic E-state index is -0.363. The minimum Gasteiger partial charge on any atom is -0.620 e. The Kier molecular flexibility index (Phi) is 5.22. The Balaban J connectivity index is 0.00000176. The Labute approximate surface area is 143 Å². The number of benzene rings is 1. The predicted molar refractivity (Wildman–Crippen MR) is 78.9 cm³/mol. The van der Waals surface area contributed by atoms with Crippen molar-refractivity contribution in [3.8, 4) is 0 Å². The zero-order chi connectivity index (χ0) is 15.0. The Hall–Kier alpha value is -1.42. The van der Waals surface area contributed by atoms with Gasteiger partial charge in [-0.15, -0.1) is 5.69 Å². The summed E-state index contributed by atoms with van der Waals surface area (Å²) in [7, 11) is 0. The Morgan fingerprint density at radius 2 is 2.18 bits per heavy atom. The molecule has 2 unspecified atom stereocenters. The van der Waals surface area contributed by atoms with Crippen LogP contribution in [0, 0.1) is 0 Å². The van der Waals surface area contributed by atoms with Crippen molar-refractivity contribution in [1.82, 2.24) is 15.6 Å². The summed E-state index contributed by atoms with van der Waals surface area (Å²) in [5.41, 5.74) is 10.4. The predicted octanol–water partition coefficient (Wildman–Crippen LogP) is 2.66. The second-order valence-corrected chi connectivity index (χ2v) is 5.57. The van der Waals surface area contributed by atoms with Crippen molar-refractivity contribution < 1.29 is 30.0 Å².